The summed E-state index contributed by atoms with van der Waals surface area (Å²) >= 11 is 0. The third-order valence-corrected chi connectivity index (χ3v) is 2.27. The molecule has 0 spiro atoms. The van der Waals surface area contributed by atoms with Crippen LogP contribution in [0.25, 0.3) is 0 Å². The number of aliphatic hydroxyl groups excluding tert-OH is 1. The molecular weight excluding hydrogens is 186 g/mol. The zero-order valence-corrected chi connectivity index (χ0v) is 7.50. The van der Waals surface area contributed by atoms with Crippen molar-refractivity contribution in [3.05, 3.63) is 11.9 Å². The zero-order chi connectivity index (χ0) is 10.1. The number of amides is 2. The van der Waals surface area contributed by atoms with Gasteiger partial charge < -0.3 is 15.7 Å². The SMILES string of the molecule is NC(=O)N1CC(n2cc(CO)nn2)C1. The van der Waals surface area contributed by atoms with Crippen molar-refractivity contribution in [1.29, 1.82) is 0 Å². The van der Waals surface area contributed by atoms with Gasteiger partial charge in [-0.25, -0.2) is 9.48 Å². The molecule has 1 aromatic rings. The molecule has 1 fully saturated rings. The summed E-state index contributed by atoms with van der Waals surface area (Å²) in [4.78, 5) is 12.2. The largest absolute Gasteiger partial charge is 0.390 e. The molecule has 76 valence electrons. The van der Waals surface area contributed by atoms with Crippen molar-refractivity contribution in [3.63, 3.8) is 0 Å². The maximum Gasteiger partial charge on any atom is 0.314 e. The number of urea groups is 1. The second-order valence-electron chi connectivity index (χ2n) is 3.25. The smallest absolute Gasteiger partial charge is 0.314 e. The summed E-state index contributed by atoms with van der Waals surface area (Å²) < 4.78 is 1.64. The summed E-state index contributed by atoms with van der Waals surface area (Å²) in [7, 11) is 0. The number of aromatic nitrogens is 3. The summed E-state index contributed by atoms with van der Waals surface area (Å²) in [5, 5.41) is 16.3. The van der Waals surface area contributed by atoms with Gasteiger partial charge in [-0.15, -0.1) is 5.10 Å². The summed E-state index contributed by atoms with van der Waals surface area (Å²) in [6.45, 7) is 0.999. The van der Waals surface area contributed by atoms with Gasteiger partial charge in [0.25, 0.3) is 0 Å². The molecule has 1 aliphatic rings. The summed E-state index contributed by atoms with van der Waals surface area (Å²) in [5.41, 5.74) is 5.60. The molecule has 14 heavy (non-hydrogen) atoms. The molecule has 3 N–H and O–H groups in total. The lowest BCUT2D eigenvalue weighted by Gasteiger charge is -2.37. The first-order valence-corrected chi connectivity index (χ1v) is 4.26. The van der Waals surface area contributed by atoms with Crippen LogP contribution in [0.4, 0.5) is 4.79 Å². The fraction of sp³-hybridized carbons (Fsp3) is 0.571. The minimum atomic E-state index is -0.413. The molecule has 1 saturated heterocycles. The van der Waals surface area contributed by atoms with Crippen LogP contribution in [0, 0.1) is 0 Å². The molecule has 2 rings (SSSR count). The molecule has 0 aromatic carbocycles. The van der Waals surface area contributed by atoms with Gasteiger partial charge in [0.2, 0.25) is 0 Å². The van der Waals surface area contributed by atoms with E-state index in [2.05, 4.69) is 10.3 Å². The van der Waals surface area contributed by atoms with Crippen LogP contribution in [0.1, 0.15) is 11.7 Å². The van der Waals surface area contributed by atoms with Crippen molar-refractivity contribution in [3.8, 4) is 0 Å². The molecule has 0 atom stereocenters. The van der Waals surface area contributed by atoms with Crippen molar-refractivity contribution >= 4 is 6.03 Å². The number of primary amides is 1. The van der Waals surface area contributed by atoms with Crippen molar-refractivity contribution in [2.75, 3.05) is 13.1 Å². The molecule has 2 heterocycles. The predicted molar refractivity (Wildman–Crippen MR) is 46.1 cm³/mol. The highest BCUT2D eigenvalue weighted by Crippen LogP contribution is 2.19. The molecule has 7 nitrogen and oxygen atoms in total. The fourth-order valence-corrected chi connectivity index (χ4v) is 1.37. The average Bonchev–Trinajstić information content (AvgIpc) is 2.49. The number of hydrogen-bond acceptors (Lipinski definition) is 4. The first-order chi connectivity index (χ1) is 6.70. The Bertz CT molecular complexity index is 344. The van der Waals surface area contributed by atoms with Crippen molar-refractivity contribution in [2.24, 2.45) is 5.73 Å². The molecule has 0 saturated carbocycles. The highest BCUT2D eigenvalue weighted by atomic mass is 16.3. The summed E-state index contributed by atoms with van der Waals surface area (Å²) in [6.07, 6.45) is 1.67. The Labute approximate surface area is 80.1 Å². The van der Waals surface area contributed by atoms with Crippen LogP contribution in [0.2, 0.25) is 0 Å². The molecule has 1 aliphatic heterocycles. The van der Waals surface area contributed by atoms with E-state index >= 15 is 0 Å². The second kappa shape index (κ2) is 3.26. The molecule has 0 aliphatic carbocycles. The molecule has 7 heteroatoms. The zero-order valence-electron chi connectivity index (χ0n) is 7.50. The van der Waals surface area contributed by atoms with E-state index in [1.54, 1.807) is 10.9 Å². The van der Waals surface area contributed by atoms with Crippen LogP contribution >= 0.6 is 0 Å². The topological polar surface area (TPSA) is 97.3 Å². The van der Waals surface area contributed by atoms with Gasteiger partial charge in [0, 0.05) is 13.1 Å². The van der Waals surface area contributed by atoms with E-state index in [4.69, 9.17) is 10.8 Å². The molecule has 1 aromatic heterocycles. The van der Waals surface area contributed by atoms with Crippen molar-refractivity contribution in [2.45, 2.75) is 12.6 Å². The van der Waals surface area contributed by atoms with Crippen LogP contribution in [-0.2, 0) is 6.61 Å². The van der Waals surface area contributed by atoms with Gasteiger partial charge in [-0.1, -0.05) is 5.21 Å². The number of carbonyl (C=O) groups is 1. The van der Waals surface area contributed by atoms with Crippen LogP contribution in [0.15, 0.2) is 6.20 Å². The number of likely N-dealkylation sites (tertiary alicyclic amines) is 1. The molecule has 0 unspecified atom stereocenters. The predicted octanol–water partition coefficient (Wildman–Crippen LogP) is -1.29. The Balaban J connectivity index is 1.96. The van der Waals surface area contributed by atoms with Gasteiger partial charge in [0.05, 0.1) is 18.8 Å². The third-order valence-electron chi connectivity index (χ3n) is 2.27. The van der Waals surface area contributed by atoms with Crippen LogP contribution in [0.5, 0.6) is 0 Å². The molecule has 0 radical (unpaired) electrons. The minimum Gasteiger partial charge on any atom is -0.390 e. The maximum atomic E-state index is 10.7. The lowest BCUT2D eigenvalue weighted by atomic mass is 10.1. The van der Waals surface area contributed by atoms with E-state index in [1.165, 1.54) is 4.90 Å². The van der Waals surface area contributed by atoms with Crippen LogP contribution in [-0.4, -0.2) is 44.1 Å². The molecular formula is C7H11N5O2. The van der Waals surface area contributed by atoms with Crippen LogP contribution in [0.3, 0.4) is 0 Å². The lowest BCUT2D eigenvalue weighted by molar-refractivity contribution is 0.124. The first-order valence-electron chi connectivity index (χ1n) is 4.26. The Hall–Kier alpha value is -1.63. The molecule has 0 bridgehead atoms. The van der Waals surface area contributed by atoms with Crippen LogP contribution < -0.4 is 5.73 Å². The van der Waals surface area contributed by atoms with E-state index in [0.717, 1.165) is 0 Å². The van der Waals surface area contributed by atoms with E-state index in [-0.39, 0.29) is 12.6 Å². The number of nitrogens with zero attached hydrogens (tertiary/aromatic N) is 4. The Morgan fingerprint density at radius 1 is 1.71 bits per heavy atom. The van der Waals surface area contributed by atoms with E-state index in [0.29, 0.717) is 18.8 Å². The standard InChI is InChI=1S/C7H11N5O2/c8-7(14)11-2-6(3-11)12-1-5(4-13)9-10-12/h1,6,13H,2-4H2,(H2,8,14). The van der Waals surface area contributed by atoms with E-state index in [9.17, 15) is 4.79 Å². The van der Waals surface area contributed by atoms with Gasteiger partial charge in [0.15, 0.2) is 0 Å². The van der Waals surface area contributed by atoms with Gasteiger partial charge in [0.1, 0.15) is 5.69 Å². The highest BCUT2D eigenvalue weighted by Gasteiger charge is 2.31. The Morgan fingerprint density at radius 2 is 2.43 bits per heavy atom. The highest BCUT2D eigenvalue weighted by molar-refractivity contribution is 5.72. The minimum absolute atomic E-state index is 0.119. The monoisotopic (exact) mass is 197 g/mol. The van der Waals surface area contributed by atoms with E-state index in [1.807, 2.05) is 0 Å². The summed E-state index contributed by atoms with van der Waals surface area (Å²) in [6, 6.07) is -0.279. The number of carbonyl (C=O) groups excluding carboxylic acids is 1. The average molecular weight is 197 g/mol. The normalized spacial score (nSPS) is 16.8. The number of nitrogens with two attached hydrogens (primary N) is 1. The van der Waals surface area contributed by atoms with Gasteiger partial charge in [-0.3, -0.25) is 0 Å². The third kappa shape index (κ3) is 1.41. The van der Waals surface area contributed by atoms with E-state index < -0.39 is 6.03 Å². The first kappa shape index (κ1) is 8.95. The number of rotatable bonds is 2. The summed E-state index contributed by atoms with van der Waals surface area (Å²) in [5.74, 6) is 0. The Morgan fingerprint density at radius 3 is 2.93 bits per heavy atom. The fourth-order valence-electron chi connectivity index (χ4n) is 1.37. The van der Waals surface area contributed by atoms with Crippen molar-refractivity contribution < 1.29 is 9.90 Å². The number of hydrogen-bond donors (Lipinski definition) is 2. The quantitative estimate of drug-likeness (QED) is 0.616. The lowest BCUT2D eigenvalue weighted by Crippen LogP contribution is -2.52. The Kier molecular flexibility index (Phi) is 2.08. The van der Waals surface area contributed by atoms with Gasteiger partial charge >= 0.3 is 6.03 Å². The number of aliphatic hydroxyl groups is 1. The second-order valence-corrected chi connectivity index (χ2v) is 3.25. The van der Waals surface area contributed by atoms with Gasteiger partial charge in [-0.05, 0) is 0 Å². The maximum absolute atomic E-state index is 10.7. The molecule has 2 amide bonds. The van der Waals surface area contributed by atoms with Gasteiger partial charge in [-0.2, -0.15) is 0 Å². The van der Waals surface area contributed by atoms with Crippen molar-refractivity contribution in [1.82, 2.24) is 19.9 Å².